The van der Waals surface area contributed by atoms with E-state index in [1.54, 1.807) is 0 Å². The molecule has 0 saturated carbocycles. The van der Waals surface area contributed by atoms with Crippen LogP contribution >= 0.6 is 0 Å². The zero-order chi connectivity index (χ0) is 13.0. The zero-order valence-corrected chi connectivity index (χ0v) is 11.2. The molecule has 2 aromatic rings. The highest BCUT2D eigenvalue weighted by Crippen LogP contribution is 2.14. The van der Waals surface area contributed by atoms with Crippen molar-refractivity contribution in [2.45, 2.75) is 18.2 Å². The van der Waals surface area contributed by atoms with Gasteiger partial charge in [0.1, 0.15) is 0 Å². The number of benzene rings is 2. The second kappa shape index (κ2) is 5.83. The van der Waals surface area contributed by atoms with Crippen LogP contribution in [0.4, 0.5) is 5.69 Å². The van der Waals surface area contributed by atoms with Crippen molar-refractivity contribution in [2.24, 2.45) is 0 Å². The molecule has 1 atom stereocenters. The highest BCUT2D eigenvalue weighted by Gasteiger charge is 2.06. The molecule has 2 rings (SSSR count). The SMILES string of the molecule is Cc1ccccc1S(=O)CCc1ccc(N)cc1. The van der Waals surface area contributed by atoms with Crippen LogP contribution in [0.1, 0.15) is 11.1 Å². The summed E-state index contributed by atoms with van der Waals surface area (Å²) < 4.78 is 12.2. The molecule has 0 aliphatic heterocycles. The van der Waals surface area contributed by atoms with Gasteiger partial charge in [-0.2, -0.15) is 0 Å². The minimum Gasteiger partial charge on any atom is -0.399 e. The standard InChI is InChI=1S/C15H17NOS/c1-12-4-2-3-5-15(12)18(17)11-10-13-6-8-14(16)9-7-13/h2-9H,10-11,16H2,1H3. The smallest absolute Gasteiger partial charge is 0.0535 e. The van der Waals surface area contributed by atoms with Crippen LogP contribution in [-0.4, -0.2) is 9.96 Å². The highest BCUT2D eigenvalue weighted by molar-refractivity contribution is 7.85. The molecule has 0 fully saturated rings. The van der Waals surface area contributed by atoms with Crippen molar-refractivity contribution in [3.05, 3.63) is 59.7 Å². The van der Waals surface area contributed by atoms with E-state index in [0.29, 0.717) is 5.75 Å². The van der Waals surface area contributed by atoms with E-state index in [4.69, 9.17) is 5.73 Å². The second-order valence-corrected chi connectivity index (χ2v) is 5.85. The van der Waals surface area contributed by atoms with Gasteiger partial charge in [0.25, 0.3) is 0 Å². The third-order valence-corrected chi connectivity index (χ3v) is 4.42. The Labute approximate surface area is 110 Å². The van der Waals surface area contributed by atoms with Gasteiger partial charge in [-0.05, 0) is 42.7 Å². The average Bonchev–Trinajstić information content (AvgIpc) is 2.38. The predicted octanol–water partition coefficient (Wildman–Crippen LogP) is 2.93. The van der Waals surface area contributed by atoms with Crippen LogP contribution in [0, 0.1) is 6.92 Å². The van der Waals surface area contributed by atoms with E-state index in [9.17, 15) is 4.21 Å². The molecule has 0 aromatic heterocycles. The summed E-state index contributed by atoms with van der Waals surface area (Å²) in [6.45, 7) is 2.00. The topological polar surface area (TPSA) is 43.1 Å². The van der Waals surface area contributed by atoms with Crippen molar-refractivity contribution in [1.82, 2.24) is 0 Å². The summed E-state index contributed by atoms with van der Waals surface area (Å²) in [5.74, 6) is 0.648. The number of aryl methyl sites for hydroxylation is 2. The van der Waals surface area contributed by atoms with Crippen LogP contribution in [0.3, 0.4) is 0 Å². The van der Waals surface area contributed by atoms with Crippen molar-refractivity contribution in [1.29, 1.82) is 0 Å². The minimum absolute atomic E-state index is 0.648. The van der Waals surface area contributed by atoms with Gasteiger partial charge in [-0.1, -0.05) is 30.3 Å². The van der Waals surface area contributed by atoms with E-state index in [0.717, 1.165) is 22.6 Å². The Morgan fingerprint density at radius 2 is 1.72 bits per heavy atom. The van der Waals surface area contributed by atoms with Crippen LogP contribution in [-0.2, 0) is 17.2 Å². The van der Waals surface area contributed by atoms with E-state index in [1.165, 1.54) is 5.56 Å². The van der Waals surface area contributed by atoms with Gasteiger partial charge in [-0.3, -0.25) is 4.21 Å². The van der Waals surface area contributed by atoms with Crippen molar-refractivity contribution in [3.63, 3.8) is 0 Å². The summed E-state index contributed by atoms with van der Waals surface area (Å²) in [6, 6.07) is 15.6. The number of hydrogen-bond donors (Lipinski definition) is 1. The Morgan fingerprint density at radius 3 is 2.39 bits per heavy atom. The lowest BCUT2D eigenvalue weighted by atomic mass is 10.2. The molecule has 1 unspecified atom stereocenters. The normalized spacial score (nSPS) is 12.3. The van der Waals surface area contributed by atoms with Gasteiger partial charge < -0.3 is 5.73 Å². The fourth-order valence-electron chi connectivity index (χ4n) is 1.82. The lowest BCUT2D eigenvalue weighted by Crippen LogP contribution is -2.03. The quantitative estimate of drug-likeness (QED) is 0.858. The van der Waals surface area contributed by atoms with Crippen LogP contribution in [0.25, 0.3) is 0 Å². The van der Waals surface area contributed by atoms with Gasteiger partial charge in [-0.25, -0.2) is 0 Å². The van der Waals surface area contributed by atoms with E-state index in [1.807, 2.05) is 55.5 Å². The molecule has 3 heteroatoms. The van der Waals surface area contributed by atoms with Crippen molar-refractivity contribution >= 4 is 16.5 Å². The molecular formula is C15H17NOS. The van der Waals surface area contributed by atoms with Gasteiger partial charge >= 0.3 is 0 Å². The Balaban J connectivity index is 2.01. The van der Waals surface area contributed by atoms with Crippen LogP contribution in [0.2, 0.25) is 0 Å². The third-order valence-electron chi connectivity index (χ3n) is 2.89. The molecule has 0 amide bonds. The first-order valence-corrected chi connectivity index (χ1v) is 7.27. The lowest BCUT2D eigenvalue weighted by molar-refractivity contribution is 0.682. The number of anilines is 1. The first kappa shape index (κ1) is 12.8. The van der Waals surface area contributed by atoms with Crippen LogP contribution < -0.4 is 5.73 Å². The lowest BCUT2D eigenvalue weighted by Gasteiger charge is -2.06. The fourth-order valence-corrected chi connectivity index (χ4v) is 3.12. The maximum atomic E-state index is 12.2. The van der Waals surface area contributed by atoms with Gasteiger partial charge in [0.05, 0.1) is 10.8 Å². The molecule has 0 radical (unpaired) electrons. The summed E-state index contributed by atoms with van der Waals surface area (Å²) in [5.41, 5.74) is 8.66. The molecule has 0 heterocycles. The third kappa shape index (κ3) is 3.20. The van der Waals surface area contributed by atoms with Crippen LogP contribution in [0.5, 0.6) is 0 Å². The summed E-state index contributed by atoms with van der Waals surface area (Å²) in [5, 5.41) is 0. The number of nitrogen functional groups attached to an aromatic ring is 1. The Morgan fingerprint density at radius 1 is 1.06 bits per heavy atom. The highest BCUT2D eigenvalue weighted by atomic mass is 32.2. The van der Waals surface area contributed by atoms with Crippen molar-refractivity contribution < 1.29 is 4.21 Å². The molecule has 18 heavy (non-hydrogen) atoms. The molecular weight excluding hydrogens is 242 g/mol. The second-order valence-electron chi connectivity index (χ2n) is 4.31. The van der Waals surface area contributed by atoms with E-state index < -0.39 is 10.8 Å². The van der Waals surface area contributed by atoms with Gasteiger partial charge in [0.15, 0.2) is 0 Å². The minimum atomic E-state index is -0.932. The largest absolute Gasteiger partial charge is 0.399 e. The van der Waals surface area contributed by atoms with Gasteiger partial charge in [0, 0.05) is 16.3 Å². The molecule has 0 aliphatic rings. The van der Waals surface area contributed by atoms with E-state index in [2.05, 4.69) is 0 Å². The fraction of sp³-hybridized carbons (Fsp3) is 0.200. The summed E-state index contributed by atoms with van der Waals surface area (Å²) >= 11 is 0. The number of rotatable bonds is 4. The molecule has 94 valence electrons. The molecule has 0 aliphatic carbocycles. The Bertz CT molecular complexity index is 549. The maximum Gasteiger partial charge on any atom is 0.0535 e. The zero-order valence-electron chi connectivity index (χ0n) is 10.4. The number of hydrogen-bond acceptors (Lipinski definition) is 2. The maximum absolute atomic E-state index is 12.2. The van der Waals surface area contributed by atoms with Gasteiger partial charge in [0.2, 0.25) is 0 Å². The number of nitrogens with two attached hydrogens (primary N) is 1. The van der Waals surface area contributed by atoms with Crippen molar-refractivity contribution in [3.8, 4) is 0 Å². The molecule has 2 aromatic carbocycles. The summed E-state index contributed by atoms with van der Waals surface area (Å²) in [4.78, 5) is 0.938. The molecule has 2 nitrogen and oxygen atoms in total. The molecule has 0 saturated heterocycles. The van der Waals surface area contributed by atoms with Gasteiger partial charge in [-0.15, -0.1) is 0 Å². The molecule has 0 spiro atoms. The molecule has 2 N–H and O–H groups in total. The average molecular weight is 259 g/mol. The van der Waals surface area contributed by atoms with E-state index >= 15 is 0 Å². The summed E-state index contributed by atoms with van der Waals surface area (Å²) in [7, 11) is -0.932. The Hall–Kier alpha value is -1.61. The first-order chi connectivity index (χ1) is 8.66. The van der Waals surface area contributed by atoms with E-state index in [-0.39, 0.29) is 0 Å². The predicted molar refractivity (Wildman–Crippen MR) is 77.0 cm³/mol. The first-order valence-electron chi connectivity index (χ1n) is 5.95. The van der Waals surface area contributed by atoms with Crippen LogP contribution in [0.15, 0.2) is 53.4 Å². The molecule has 0 bridgehead atoms. The monoisotopic (exact) mass is 259 g/mol. The van der Waals surface area contributed by atoms with Crippen molar-refractivity contribution in [2.75, 3.05) is 11.5 Å². The Kier molecular flexibility index (Phi) is 4.15. The summed E-state index contributed by atoms with van der Waals surface area (Å²) in [6.07, 6.45) is 0.807.